The fraction of sp³-hybridized carbons (Fsp3) is 0.121. The molecule has 0 aliphatic heterocycles. The molecule has 0 amide bonds. The first-order valence-corrected chi connectivity index (χ1v) is 15.8. The number of halogens is 6. The fourth-order valence-corrected chi connectivity index (χ4v) is 6.17. The van der Waals surface area contributed by atoms with Crippen molar-refractivity contribution in [2.45, 2.75) is 25.2 Å². The predicted octanol–water partition coefficient (Wildman–Crippen LogP) is 9.60. The van der Waals surface area contributed by atoms with Gasteiger partial charge in [0, 0.05) is 70.9 Å². The van der Waals surface area contributed by atoms with E-state index in [0.717, 1.165) is 24.3 Å². The highest BCUT2D eigenvalue weighted by Gasteiger charge is 2.31. The second-order valence-electron chi connectivity index (χ2n) is 10.5. The summed E-state index contributed by atoms with van der Waals surface area (Å²) in [5, 5.41) is 10.1. The van der Waals surface area contributed by atoms with Crippen molar-refractivity contribution in [1.29, 1.82) is 0 Å². The van der Waals surface area contributed by atoms with Gasteiger partial charge in [-0.15, -0.1) is 22.7 Å². The van der Waals surface area contributed by atoms with Crippen molar-refractivity contribution in [2.24, 2.45) is 0 Å². The molecule has 244 valence electrons. The molecule has 0 fully saturated rings. The van der Waals surface area contributed by atoms with Crippen molar-refractivity contribution >= 4 is 50.1 Å². The summed E-state index contributed by atoms with van der Waals surface area (Å²) in [6, 6.07) is 13.3. The molecule has 4 aromatic heterocycles. The molecule has 4 heterocycles. The zero-order valence-electron chi connectivity index (χ0n) is 24.4. The summed E-state index contributed by atoms with van der Waals surface area (Å²) in [6.07, 6.45) is -2.39. The van der Waals surface area contributed by atoms with Gasteiger partial charge in [0.2, 0.25) is 0 Å². The van der Waals surface area contributed by atoms with Crippen LogP contribution in [0.15, 0.2) is 96.2 Å². The highest BCUT2D eigenvalue weighted by molar-refractivity contribution is 7.14. The van der Waals surface area contributed by atoms with Crippen LogP contribution in [0.25, 0.3) is 22.5 Å². The Kier molecular flexibility index (Phi) is 9.24. The van der Waals surface area contributed by atoms with E-state index >= 15 is 0 Å². The number of carbonyl (C=O) groups excluding carboxylic acids is 1. The van der Waals surface area contributed by atoms with E-state index in [1.807, 2.05) is 0 Å². The van der Waals surface area contributed by atoms with Gasteiger partial charge in [0.05, 0.1) is 22.5 Å². The third kappa shape index (κ3) is 8.22. The molecule has 15 heteroatoms. The Labute approximate surface area is 277 Å². The van der Waals surface area contributed by atoms with Crippen LogP contribution in [-0.4, -0.2) is 25.7 Å². The third-order valence-corrected chi connectivity index (χ3v) is 8.39. The van der Waals surface area contributed by atoms with Crippen LogP contribution >= 0.6 is 22.7 Å². The molecule has 0 atom stereocenters. The minimum absolute atomic E-state index is 0.0896. The van der Waals surface area contributed by atoms with Crippen molar-refractivity contribution in [1.82, 2.24) is 19.9 Å². The van der Waals surface area contributed by atoms with E-state index in [2.05, 4.69) is 30.6 Å². The first-order chi connectivity index (χ1) is 22.9. The van der Waals surface area contributed by atoms with E-state index in [0.29, 0.717) is 43.9 Å². The summed E-state index contributed by atoms with van der Waals surface area (Å²) in [5.74, 6) is -0.0942. The summed E-state index contributed by atoms with van der Waals surface area (Å²) in [5.41, 5.74) is 2.69. The monoisotopic (exact) mass is 696 g/mol. The van der Waals surface area contributed by atoms with Crippen LogP contribution in [0.2, 0.25) is 0 Å². The first kappa shape index (κ1) is 32.8. The van der Waals surface area contributed by atoms with Crippen LogP contribution in [-0.2, 0) is 30.0 Å². The lowest BCUT2D eigenvalue weighted by molar-refractivity contribution is -0.138. The van der Waals surface area contributed by atoms with Crippen LogP contribution in [0.5, 0.6) is 0 Å². The number of benzene rings is 2. The minimum atomic E-state index is -4.46. The number of rotatable bonds is 10. The molecule has 0 saturated carbocycles. The molecule has 6 rings (SSSR count). The topological polar surface area (TPSA) is 92.7 Å². The van der Waals surface area contributed by atoms with Gasteiger partial charge in [-0.25, -0.2) is 9.97 Å². The summed E-state index contributed by atoms with van der Waals surface area (Å²) >= 11 is 2.44. The Balaban J connectivity index is 1.08. The zero-order chi connectivity index (χ0) is 33.9. The summed E-state index contributed by atoms with van der Waals surface area (Å²) in [6.45, 7) is 0. The smallest absolute Gasteiger partial charge is 0.332 e. The molecule has 0 aliphatic rings. The fourth-order valence-electron chi connectivity index (χ4n) is 4.69. The van der Waals surface area contributed by atoms with Gasteiger partial charge in [0.1, 0.15) is 5.78 Å². The molecule has 48 heavy (non-hydrogen) atoms. The average Bonchev–Trinajstić information content (AvgIpc) is 3.71. The molecule has 6 aromatic rings. The van der Waals surface area contributed by atoms with E-state index in [1.54, 1.807) is 47.7 Å². The van der Waals surface area contributed by atoms with Gasteiger partial charge in [0.15, 0.2) is 10.3 Å². The highest BCUT2D eigenvalue weighted by atomic mass is 32.1. The van der Waals surface area contributed by atoms with Gasteiger partial charge in [-0.2, -0.15) is 26.3 Å². The standard InChI is InChI=1S/C33H22F6N6OS2/c34-32(35,36)23-3-1-5-25(11-23)42-30-44-28(17-47-30)21-7-19(13-40-15-21)9-27(46)10-20-8-22(16-41-14-20)29-18-48-31(45-29)43-26-6-2-4-24(12-26)33(37,38)39/h1-8,11-18H,9-10H2,(H,42,44)(H,43,45). The van der Waals surface area contributed by atoms with Crippen LogP contribution in [0.3, 0.4) is 0 Å². The van der Waals surface area contributed by atoms with Gasteiger partial charge < -0.3 is 10.6 Å². The normalized spacial score (nSPS) is 11.8. The van der Waals surface area contributed by atoms with Crippen LogP contribution in [0, 0.1) is 0 Å². The molecule has 0 radical (unpaired) electrons. The van der Waals surface area contributed by atoms with E-state index in [9.17, 15) is 31.1 Å². The summed E-state index contributed by atoms with van der Waals surface area (Å²) in [4.78, 5) is 30.5. The molecule has 0 unspecified atom stereocenters. The van der Waals surface area contributed by atoms with Crippen molar-refractivity contribution in [2.75, 3.05) is 10.6 Å². The van der Waals surface area contributed by atoms with Gasteiger partial charge in [-0.1, -0.05) is 12.1 Å². The predicted molar refractivity (Wildman–Crippen MR) is 173 cm³/mol. The summed E-state index contributed by atoms with van der Waals surface area (Å²) in [7, 11) is 0. The zero-order valence-corrected chi connectivity index (χ0v) is 26.1. The Morgan fingerprint density at radius 3 is 1.48 bits per heavy atom. The maximum absolute atomic E-state index is 13.1. The SMILES string of the molecule is O=C(Cc1cncc(-c2csc(Nc3cccc(C(F)(F)F)c3)n2)c1)Cc1cncc(-c2csc(Nc3cccc(C(F)(F)F)c3)n2)c1. The van der Waals surface area contributed by atoms with Crippen LogP contribution in [0.1, 0.15) is 22.3 Å². The number of anilines is 4. The number of ketones is 1. The number of thiazole rings is 2. The largest absolute Gasteiger partial charge is 0.416 e. The molecule has 0 bridgehead atoms. The Bertz CT molecular complexity index is 1930. The minimum Gasteiger partial charge on any atom is -0.332 e. The van der Waals surface area contributed by atoms with Crippen molar-refractivity contribution in [3.8, 4) is 22.5 Å². The number of hydrogen-bond donors (Lipinski definition) is 2. The highest BCUT2D eigenvalue weighted by Crippen LogP contribution is 2.34. The number of alkyl halides is 6. The van der Waals surface area contributed by atoms with Gasteiger partial charge in [-0.05, 0) is 59.7 Å². The number of hydrogen-bond acceptors (Lipinski definition) is 9. The Hall–Kier alpha value is -5.15. The van der Waals surface area contributed by atoms with E-state index < -0.39 is 23.5 Å². The quantitative estimate of drug-likeness (QED) is 0.138. The molecule has 0 saturated heterocycles. The maximum Gasteiger partial charge on any atom is 0.416 e. The molecule has 2 N–H and O–H groups in total. The average molecular weight is 697 g/mol. The number of pyridine rings is 2. The lowest BCUT2D eigenvalue weighted by atomic mass is 10.0. The number of Topliss-reactive ketones (excluding diaryl/α,β-unsaturated/α-hetero) is 1. The lowest BCUT2D eigenvalue weighted by Crippen LogP contribution is -2.07. The molecule has 7 nitrogen and oxygen atoms in total. The lowest BCUT2D eigenvalue weighted by Gasteiger charge is -2.09. The van der Waals surface area contributed by atoms with Gasteiger partial charge in [0.25, 0.3) is 0 Å². The number of nitrogens with one attached hydrogen (secondary N) is 2. The molecule has 0 aliphatic carbocycles. The van der Waals surface area contributed by atoms with Crippen LogP contribution < -0.4 is 10.6 Å². The van der Waals surface area contributed by atoms with E-state index in [4.69, 9.17) is 0 Å². The molecular formula is C33H22F6N6OS2. The molecular weight excluding hydrogens is 675 g/mol. The van der Waals surface area contributed by atoms with Crippen molar-refractivity contribution in [3.05, 3.63) is 118 Å². The van der Waals surface area contributed by atoms with Gasteiger partial charge in [-0.3, -0.25) is 14.8 Å². The van der Waals surface area contributed by atoms with Gasteiger partial charge >= 0.3 is 12.4 Å². The number of aromatic nitrogens is 4. The van der Waals surface area contributed by atoms with E-state index in [1.165, 1.54) is 46.9 Å². The summed E-state index contributed by atoms with van der Waals surface area (Å²) < 4.78 is 78.4. The second-order valence-corrected chi connectivity index (χ2v) is 12.3. The molecule has 0 spiro atoms. The van der Waals surface area contributed by atoms with E-state index in [-0.39, 0.29) is 30.0 Å². The Morgan fingerprint density at radius 1 is 0.625 bits per heavy atom. The third-order valence-electron chi connectivity index (χ3n) is 6.87. The number of nitrogens with zero attached hydrogens (tertiary/aromatic N) is 4. The maximum atomic E-state index is 13.1. The van der Waals surface area contributed by atoms with Crippen molar-refractivity contribution < 1.29 is 31.1 Å². The van der Waals surface area contributed by atoms with Crippen molar-refractivity contribution in [3.63, 3.8) is 0 Å². The Morgan fingerprint density at radius 2 is 1.06 bits per heavy atom. The number of carbonyl (C=O) groups is 1. The second kappa shape index (κ2) is 13.5. The first-order valence-electron chi connectivity index (χ1n) is 14.1. The van der Waals surface area contributed by atoms with Crippen LogP contribution in [0.4, 0.5) is 48.0 Å². The molecule has 2 aromatic carbocycles.